The van der Waals surface area contributed by atoms with Crippen LogP contribution < -0.4 is 0 Å². The SMILES string of the molecule is Cc1nc([N+](=O)[O-])cn1CCC(=O)N1CC(C(=O)O)CCC1C. The van der Waals surface area contributed by atoms with Crippen LogP contribution in [0.4, 0.5) is 5.82 Å². The highest BCUT2D eigenvalue weighted by atomic mass is 16.6. The summed E-state index contributed by atoms with van der Waals surface area (Å²) in [6, 6.07) is 0.0105. The number of imidazole rings is 1. The molecule has 1 saturated heterocycles. The molecule has 1 aliphatic heterocycles. The zero-order valence-corrected chi connectivity index (χ0v) is 13.1. The number of carboxylic acid groups (broad SMARTS) is 1. The van der Waals surface area contributed by atoms with Gasteiger partial charge in [0.25, 0.3) is 0 Å². The second kappa shape index (κ2) is 6.76. The molecule has 1 aliphatic rings. The van der Waals surface area contributed by atoms with E-state index in [1.165, 1.54) is 6.20 Å². The number of nitro groups is 1. The van der Waals surface area contributed by atoms with E-state index in [1.807, 2.05) is 6.92 Å². The lowest BCUT2D eigenvalue weighted by Gasteiger charge is -2.36. The number of amides is 1. The molecular formula is C14H20N4O5. The van der Waals surface area contributed by atoms with Crippen molar-refractivity contribution in [3.8, 4) is 0 Å². The van der Waals surface area contributed by atoms with Gasteiger partial charge in [0.15, 0.2) is 0 Å². The van der Waals surface area contributed by atoms with Gasteiger partial charge in [0.05, 0.1) is 5.92 Å². The van der Waals surface area contributed by atoms with Crippen molar-refractivity contribution in [2.45, 2.75) is 45.7 Å². The van der Waals surface area contributed by atoms with Crippen molar-refractivity contribution in [1.82, 2.24) is 14.5 Å². The summed E-state index contributed by atoms with van der Waals surface area (Å²) in [5.74, 6) is -1.31. The molecule has 0 saturated carbocycles. The second-order valence-corrected chi connectivity index (χ2v) is 5.85. The molecule has 1 N–H and O–H groups in total. The van der Waals surface area contributed by atoms with Crippen LogP contribution >= 0.6 is 0 Å². The number of aromatic nitrogens is 2. The Kier molecular flexibility index (Phi) is 4.97. The third-order valence-electron chi connectivity index (χ3n) is 4.27. The summed E-state index contributed by atoms with van der Waals surface area (Å²) in [5, 5.41) is 19.8. The highest BCUT2D eigenvalue weighted by Crippen LogP contribution is 2.23. The molecule has 1 fully saturated rings. The third kappa shape index (κ3) is 3.85. The van der Waals surface area contributed by atoms with E-state index >= 15 is 0 Å². The van der Waals surface area contributed by atoms with Crippen molar-refractivity contribution in [2.75, 3.05) is 6.54 Å². The predicted molar refractivity (Wildman–Crippen MR) is 79.8 cm³/mol. The van der Waals surface area contributed by atoms with Gasteiger partial charge in [0.1, 0.15) is 6.20 Å². The number of carbonyl (C=O) groups excluding carboxylic acids is 1. The van der Waals surface area contributed by atoms with Gasteiger partial charge in [-0.3, -0.25) is 9.59 Å². The predicted octanol–water partition coefficient (Wildman–Crippen LogP) is 1.20. The van der Waals surface area contributed by atoms with E-state index in [1.54, 1.807) is 16.4 Å². The van der Waals surface area contributed by atoms with Gasteiger partial charge in [-0.05, 0) is 29.7 Å². The Morgan fingerprint density at radius 1 is 1.48 bits per heavy atom. The summed E-state index contributed by atoms with van der Waals surface area (Å²) >= 11 is 0. The van der Waals surface area contributed by atoms with Crippen LogP contribution in [0.25, 0.3) is 0 Å². The highest BCUT2D eigenvalue weighted by Gasteiger charge is 2.32. The molecule has 2 atom stereocenters. The lowest BCUT2D eigenvalue weighted by atomic mass is 9.93. The number of rotatable bonds is 5. The Balaban J connectivity index is 1.98. The lowest BCUT2D eigenvalue weighted by molar-refractivity contribution is -0.389. The molecule has 2 rings (SSSR count). The first-order chi connectivity index (χ1) is 10.8. The van der Waals surface area contributed by atoms with Crippen molar-refractivity contribution >= 4 is 17.7 Å². The molecule has 9 heteroatoms. The molecular weight excluding hydrogens is 304 g/mol. The normalized spacial score (nSPS) is 21.2. The van der Waals surface area contributed by atoms with Crippen LogP contribution in [0.3, 0.4) is 0 Å². The minimum atomic E-state index is -0.879. The summed E-state index contributed by atoms with van der Waals surface area (Å²) in [7, 11) is 0. The highest BCUT2D eigenvalue weighted by molar-refractivity contribution is 5.78. The topological polar surface area (TPSA) is 119 Å². The molecule has 1 aromatic heterocycles. The zero-order chi connectivity index (χ0) is 17.1. The number of carbonyl (C=O) groups is 2. The third-order valence-corrected chi connectivity index (χ3v) is 4.27. The molecule has 0 radical (unpaired) electrons. The smallest absolute Gasteiger partial charge is 0.381 e. The Morgan fingerprint density at radius 3 is 2.74 bits per heavy atom. The molecule has 1 aromatic rings. The molecule has 0 spiro atoms. The molecule has 23 heavy (non-hydrogen) atoms. The van der Waals surface area contributed by atoms with Crippen molar-refractivity contribution in [2.24, 2.45) is 5.92 Å². The van der Waals surface area contributed by atoms with Crippen molar-refractivity contribution in [1.29, 1.82) is 0 Å². The van der Waals surface area contributed by atoms with E-state index in [2.05, 4.69) is 4.98 Å². The van der Waals surface area contributed by atoms with Crippen LogP contribution in [-0.2, 0) is 16.1 Å². The van der Waals surface area contributed by atoms with Gasteiger partial charge >= 0.3 is 11.8 Å². The van der Waals surface area contributed by atoms with Gasteiger partial charge in [-0.1, -0.05) is 0 Å². The van der Waals surface area contributed by atoms with Crippen LogP contribution in [-0.4, -0.2) is 48.9 Å². The maximum absolute atomic E-state index is 12.4. The van der Waals surface area contributed by atoms with Crippen molar-refractivity contribution in [3.63, 3.8) is 0 Å². The Hall–Kier alpha value is -2.45. The molecule has 0 aliphatic carbocycles. The molecule has 1 amide bonds. The lowest BCUT2D eigenvalue weighted by Crippen LogP contribution is -2.47. The maximum Gasteiger partial charge on any atom is 0.381 e. The minimum absolute atomic E-state index is 0.0105. The van der Waals surface area contributed by atoms with Crippen LogP contribution in [0.5, 0.6) is 0 Å². The van der Waals surface area contributed by atoms with Crippen LogP contribution in [0.2, 0.25) is 0 Å². The van der Waals surface area contributed by atoms with E-state index in [0.29, 0.717) is 18.7 Å². The van der Waals surface area contributed by atoms with E-state index in [4.69, 9.17) is 5.11 Å². The van der Waals surface area contributed by atoms with Crippen LogP contribution in [0, 0.1) is 23.0 Å². The fourth-order valence-electron chi connectivity index (χ4n) is 2.82. The summed E-state index contributed by atoms with van der Waals surface area (Å²) in [4.78, 5) is 39.0. The standard InChI is InChI=1S/C14H20N4O5/c1-9-3-4-11(14(20)21)7-17(9)13(19)5-6-16-8-12(18(22)23)15-10(16)2/h8-9,11H,3-7H2,1-2H3,(H,20,21). The summed E-state index contributed by atoms with van der Waals surface area (Å²) in [5.41, 5.74) is 0. The molecule has 126 valence electrons. The summed E-state index contributed by atoms with van der Waals surface area (Å²) in [6.45, 7) is 4.05. The number of carboxylic acids is 1. The van der Waals surface area contributed by atoms with Gasteiger partial charge in [-0.15, -0.1) is 0 Å². The molecule has 9 nitrogen and oxygen atoms in total. The number of hydrogen-bond donors (Lipinski definition) is 1. The minimum Gasteiger partial charge on any atom is -0.481 e. The first kappa shape index (κ1) is 16.9. The van der Waals surface area contributed by atoms with E-state index in [9.17, 15) is 19.7 Å². The number of hydrogen-bond acceptors (Lipinski definition) is 5. The maximum atomic E-state index is 12.4. The van der Waals surface area contributed by atoms with Crippen LogP contribution in [0.15, 0.2) is 6.20 Å². The van der Waals surface area contributed by atoms with Crippen molar-refractivity contribution in [3.05, 3.63) is 22.1 Å². The first-order valence-corrected chi connectivity index (χ1v) is 7.50. The fourth-order valence-corrected chi connectivity index (χ4v) is 2.82. The summed E-state index contributed by atoms with van der Waals surface area (Å²) < 4.78 is 1.57. The van der Waals surface area contributed by atoms with Gasteiger partial charge < -0.3 is 24.7 Å². The van der Waals surface area contributed by atoms with Gasteiger partial charge in [-0.25, -0.2) is 0 Å². The van der Waals surface area contributed by atoms with Crippen LogP contribution in [0.1, 0.15) is 32.0 Å². The number of piperidine rings is 1. The van der Waals surface area contributed by atoms with E-state index < -0.39 is 16.8 Å². The van der Waals surface area contributed by atoms with Gasteiger partial charge in [-0.2, -0.15) is 0 Å². The molecule has 2 unspecified atom stereocenters. The van der Waals surface area contributed by atoms with Crippen molar-refractivity contribution < 1.29 is 19.6 Å². The fraction of sp³-hybridized carbons (Fsp3) is 0.643. The molecule has 2 heterocycles. The average molecular weight is 324 g/mol. The number of aryl methyl sites for hydroxylation is 2. The van der Waals surface area contributed by atoms with E-state index in [-0.39, 0.29) is 37.3 Å². The Labute approximate surface area is 133 Å². The average Bonchev–Trinajstić information content (AvgIpc) is 2.86. The second-order valence-electron chi connectivity index (χ2n) is 5.85. The van der Waals surface area contributed by atoms with Gasteiger partial charge in [0.2, 0.25) is 11.7 Å². The largest absolute Gasteiger partial charge is 0.481 e. The summed E-state index contributed by atoms with van der Waals surface area (Å²) in [6.07, 6.45) is 2.71. The van der Waals surface area contributed by atoms with E-state index in [0.717, 1.165) is 0 Å². The monoisotopic (exact) mass is 324 g/mol. The number of nitrogens with zero attached hydrogens (tertiary/aromatic N) is 4. The number of likely N-dealkylation sites (tertiary alicyclic amines) is 1. The number of aliphatic carboxylic acids is 1. The molecule has 0 aromatic carbocycles. The molecule has 0 bridgehead atoms. The first-order valence-electron chi connectivity index (χ1n) is 7.50. The van der Waals surface area contributed by atoms with Gasteiger partial charge in [0, 0.05) is 32.5 Å². The Morgan fingerprint density at radius 2 is 2.17 bits per heavy atom. The quantitative estimate of drug-likeness (QED) is 0.642. The zero-order valence-electron chi connectivity index (χ0n) is 13.1. The Bertz CT molecular complexity index is 627.